The minimum absolute atomic E-state index is 0.0371. The number of nitrogens with one attached hydrogen (secondary N) is 13. The van der Waals surface area contributed by atoms with E-state index >= 15 is 0 Å². The number of benzene rings is 4. The standard InChI is InChI=1S/C65H84N16O17S3/c1-35(2)55-64(96)77-47(29-36-14-18-39(82)19-15-36)60(92)74-44(13-8-27-71-65(68)69)57(89)70-28-26-53(85)73-45(22-24-52(66)84)58(90)76-48(31-38-32-72-43-12-7-6-11-42(38)43)61(93)75-46(23-25-54(86)87)59(91)78-50(56(67)88)33-99-100-34-51(63(95)80-55)79-62(94)49(30-37-16-20-40(83)21-17-37)81-101(97,98)41-9-4-3-5-10-41/h3-7,9-12,14-21,32,35,44-51,55,72,81-83H,8,13,22-31,33-34H2,1-2H3,(H2,66,84)(H2,67,88)(H,70,89)(H,73,85)(H,74,92)(H,75,93)(H,76,90)(H,77,96)(H,78,91)(H,79,94)(H,80,95)(H,86,87)(H4,68,69,71)/t44-,45-,46-,47-,48-,49-,50+,51-,55-/m0/s1. The maximum absolute atomic E-state index is 14.9. The van der Waals surface area contributed by atoms with Crippen LogP contribution in [0.3, 0.4) is 0 Å². The number of hydrogen-bond acceptors (Lipinski definition) is 19. The molecule has 0 bridgehead atoms. The van der Waals surface area contributed by atoms with E-state index in [4.69, 9.17) is 22.6 Å². The summed E-state index contributed by atoms with van der Waals surface area (Å²) in [6, 6.07) is 10.4. The number of hydrogen-bond donors (Lipinski definition) is 19. The fourth-order valence-corrected chi connectivity index (χ4v) is 13.9. The zero-order chi connectivity index (χ0) is 73.9. The first-order valence-electron chi connectivity index (χ1n) is 32.0. The number of primary amides is 2. The number of aromatic hydroxyl groups is 2. The van der Waals surface area contributed by atoms with Crippen molar-refractivity contribution in [3.63, 3.8) is 0 Å². The number of aromatic amines is 1. The summed E-state index contributed by atoms with van der Waals surface area (Å²) < 4.78 is 30.2. The number of fused-ring (bicyclic) bond motifs is 1. The topological polar surface area (TPSA) is 550 Å². The Bertz CT molecular complexity index is 3890. The van der Waals surface area contributed by atoms with Crippen molar-refractivity contribution in [2.24, 2.45) is 23.1 Å². The Labute approximate surface area is 588 Å². The number of carbonyl (C=O) groups excluding carboxylic acids is 11. The van der Waals surface area contributed by atoms with Crippen LogP contribution in [0.2, 0.25) is 0 Å². The summed E-state index contributed by atoms with van der Waals surface area (Å²) >= 11 is 0. The second-order valence-corrected chi connectivity index (χ2v) is 28.2. The highest BCUT2D eigenvalue weighted by molar-refractivity contribution is 8.76. The minimum atomic E-state index is -4.49. The fourth-order valence-electron chi connectivity index (χ4n) is 10.3. The highest BCUT2D eigenvalue weighted by Gasteiger charge is 2.37. The SMILES string of the molecule is CC(C)[C@@H]1NC(=O)[C@@H](NC(=O)[C@H](Cc2ccc(O)cc2)NS(=O)(=O)c2ccccc2)CSSC[C@H](C(N)=O)NC(=O)[C@H](CCC(=O)O)NC(=O)[C@H](Cc2c[nH]c3ccccc23)NC(=O)[C@H](CCC(N)=O)NC(=O)CCNC(=O)[C@H](CCCNC(=N)N)NC(=O)[C@H](Cc2ccc(O)cc2)NC1=O. The molecule has 5 aromatic rings. The number of phenols is 2. The van der Waals surface area contributed by atoms with Crippen LogP contribution in [0.25, 0.3) is 10.9 Å². The Balaban J connectivity index is 1.41. The number of aromatic nitrogens is 1. The molecule has 0 spiro atoms. The minimum Gasteiger partial charge on any atom is -0.508 e. The number of rotatable bonds is 23. The van der Waals surface area contributed by atoms with E-state index in [1.807, 2.05) is 0 Å². The van der Waals surface area contributed by atoms with Crippen molar-refractivity contribution in [2.45, 2.75) is 137 Å². The van der Waals surface area contributed by atoms with Crippen LogP contribution in [0, 0.1) is 11.3 Å². The lowest BCUT2D eigenvalue weighted by molar-refractivity contribution is -0.138. The van der Waals surface area contributed by atoms with E-state index in [2.05, 4.69) is 62.9 Å². The molecule has 0 radical (unpaired) electrons. The molecule has 0 unspecified atom stereocenters. The number of carboxylic acid groups (broad SMARTS) is 1. The van der Waals surface area contributed by atoms with E-state index in [0.717, 1.165) is 21.6 Å². The van der Waals surface area contributed by atoms with E-state index in [0.29, 0.717) is 27.6 Å². The fraction of sp³-hybridized carbons (Fsp3) is 0.400. The van der Waals surface area contributed by atoms with E-state index in [-0.39, 0.29) is 55.0 Å². The molecule has 4 aromatic carbocycles. The molecule has 2 heterocycles. The van der Waals surface area contributed by atoms with Gasteiger partial charge in [-0.05, 0) is 97.2 Å². The van der Waals surface area contributed by atoms with Crippen LogP contribution >= 0.6 is 21.6 Å². The highest BCUT2D eigenvalue weighted by Crippen LogP contribution is 2.25. The molecule has 1 aliphatic rings. The molecular weight excluding hydrogens is 1370 g/mol. The molecule has 9 atom stereocenters. The molecule has 22 N–H and O–H groups in total. The van der Waals surface area contributed by atoms with Gasteiger partial charge in [-0.1, -0.05) is 96.1 Å². The average Bonchev–Trinajstić information content (AvgIpc) is 1.80. The summed E-state index contributed by atoms with van der Waals surface area (Å²) in [6.45, 7) is 2.68. The Kier molecular flexibility index (Phi) is 30.5. The lowest BCUT2D eigenvalue weighted by Crippen LogP contribution is -2.61. The van der Waals surface area contributed by atoms with Crippen LogP contribution in [0.4, 0.5) is 0 Å². The maximum Gasteiger partial charge on any atom is 0.303 e. The number of H-pyrrole nitrogens is 1. The third-order valence-electron chi connectivity index (χ3n) is 15.8. The molecule has 1 saturated heterocycles. The number of aliphatic carboxylic acids is 1. The van der Waals surface area contributed by atoms with E-state index in [1.54, 1.807) is 50.4 Å². The van der Waals surface area contributed by atoms with Gasteiger partial charge in [-0.15, -0.1) is 0 Å². The Hall–Kier alpha value is -10.5. The Morgan fingerprint density at radius 1 is 0.624 bits per heavy atom. The van der Waals surface area contributed by atoms with Gasteiger partial charge in [-0.25, -0.2) is 8.42 Å². The van der Waals surface area contributed by atoms with Gasteiger partial charge in [0.2, 0.25) is 75.0 Å². The van der Waals surface area contributed by atoms with Crippen LogP contribution in [0.1, 0.15) is 75.5 Å². The maximum atomic E-state index is 14.9. The van der Waals surface area contributed by atoms with Crippen LogP contribution in [0.5, 0.6) is 11.5 Å². The summed E-state index contributed by atoms with van der Waals surface area (Å²) in [5.41, 5.74) is 18.6. The van der Waals surface area contributed by atoms with Crippen LogP contribution < -0.4 is 75.1 Å². The van der Waals surface area contributed by atoms with Gasteiger partial charge in [-0.3, -0.25) is 62.9 Å². The van der Waals surface area contributed by atoms with Gasteiger partial charge < -0.3 is 90.7 Å². The summed E-state index contributed by atoms with van der Waals surface area (Å²) in [7, 11) is -2.85. The van der Waals surface area contributed by atoms with Crippen LogP contribution in [-0.4, -0.2) is 185 Å². The van der Waals surface area contributed by atoms with Gasteiger partial charge in [0.15, 0.2) is 5.96 Å². The van der Waals surface area contributed by atoms with Crippen molar-refractivity contribution in [3.05, 3.63) is 126 Å². The first-order valence-corrected chi connectivity index (χ1v) is 35.9. The molecular formula is C65H84N16O17S3. The quantitative estimate of drug-likeness (QED) is 0.0149. The van der Waals surface area contributed by atoms with Gasteiger partial charge in [0.05, 0.1) is 4.90 Å². The molecule has 1 aliphatic heterocycles. The summed E-state index contributed by atoms with van der Waals surface area (Å²) in [6.07, 6.45) is -2.17. The second kappa shape index (κ2) is 38.8. The van der Waals surface area contributed by atoms with Crippen molar-refractivity contribution < 1.29 is 81.3 Å². The Morgan fingerprint density at radius 3 is 1.80 bits per heavy atom. The molecule has 11 amide bonds. The van der Waals surface area contributed by atoms with Crippen LogP contribution in [-0.2, 0) is 86.8 Å². The molecule has 6 rings (SSSR count). The zero-order valence-corrected chi connectivity index (χ0v) is 57.5. The van der Waals surface area contributed by atoms with Crippen LogP contribution in [0.15, 0.2) is 114 Å². The third kappa shape index (κ3) is 26.0. The number of para-hydroxylation sites is 1. The average molecular weight is 1460 g/mol. The van der Waals surface area contributed by atoms with Gasteiger partial charge in [0.1, 0.15) is 65.9 Å². The van der Waals surface area contributed by atoms with Gasteiger partial charge in [0.25, 0.3) is 0 Å². The molecule has 1 fully saturated rings. The summed E-state index contributed by atoms with van der Waals surface area (Å²) in [4.78, 5) is 171. The molecule has 544 valence electrons. The van der Waals surface area contributed by atoms with E-state index < -0.39 is 197 Å². The lowest BCUT2D eigenvalue weighted by atomic mass is 10.00. The molecule has 33 nitrogen and oxygen atoms in total. The van der Waals surface area contributed by atoms with Gasteiger partial charge in [0, 0.05) is 73.8 Å². The van der Waals surface area contributed by atoms with E-state index in [1.165, 1.54) is 72.8 Å². The predicted molar refractivity (Wildman–Crippen MR) is 373 cm³/mol. The second-order valence-electron chi connectivity index (χ2n) is 23.9. The van der Waals surface area contributed by atoms with Crippen molar-refractivity contribution in [3.8, 4) is 11.5 Å². The summed E-state index contributed by atoms with van der Waals surface area (Å²) in [5.74, 6) is -14.8. The first-order chi connectivity index (χ1) is 48.0. The Morgan fingerprint density at radius 2 is 1.18 bits per heavy atom. The predicted octanol–water partition coefficient (Wildman–Crippen LogP) is -1.73. The largest absolute Gasteiger partial charge is 0.508 e. The highest BCUT2D eigenvalue weighted by atomic mass is 33.1. The normalized spacial score (nSPS) is 21.1. The number of carbonyl (C=O) groups is 12. The number of phenolic OH excluding ortho intramolecular Hbond substituents is 2. The number of nitrogens with two attached hydrogens (primary N) is 3. The zero-order valence-electron chi connectivity index (χ0n) is 55.1. The van der Waals surface area contributed by atoms with Crippen molar-refractivity contribution >= 4 is 119 Å². The van der Waals surface area contributed by atoms with Gasteiger partial charge >= 0.3 is 5.97 Å². The molecule has 0 saturated carbocycles. The van der Waals surface area contributed by atoms with Crippen molar-refractivity contribution in [1.29, 1.82) is 5.41 Å². The first kappa shape index (κ1) is 79.5. The molecule has 1 aromatic heterocycles. The number of guanidine groups is 1. The monoisotopic (exact) mass is 1460 g/mol. The summed E-state index contributed by atoms with van der Waals surface area (Å²) in [5, 5.41) is 63.9. The van der Waals surface area contributed by atoms with Gasteiger partial charge in [-0.2, -0.15) is 4.72 Å². The smallest absolute Gasteiger partial charge is 0.303 e. The number of sulfonamides is 1. The van der Waals surface area contributed by atoms with E-state index in [9.17, 15) is 81.3 Å². The van der Waals surface area contributed by atoms with Crippen molar-refractivity contribution in [2.75, 3.05) is 24.6 Å². The third-order valence-corrected chi connectivity index (χ3v) is 19.7. The molecule has 36 heteroatoms. The van der Waals surface area contributed by atoms with Crippen molar-refractivity contribution in [1.82, 2.24) is 62.9 Å². The molecule has 101 heavy (non-hydrogen) atoms. The lowest BCUT2D eigenvalue weighted by Gasteiger charge is -2.29. The number of carboxylic acids is 1. The molecule has 0 aliphatic carbocycles. The number of amides is 11.